The van der Waals surface area contributed by atoms with E-state index in [0.717, 1.165) is 0 Å². The first kappa shape index (κ1) is 10.2. The zero-order valence-corrected chi connectivity index (χ0v) is 9.08. The average Bonchev–Trinajstić information content (AvgIpc) is 2.91. The van der Waals surface area contributed by atoms with Gasteiger partial charge >= 0.3 is 0 Å². The average molecular weight is 232 g/mol. The second-order valence-corrected chi connectivity index (χ2v) is 3.92. The molecule has 1 aliphatic heterocycles. The maximum Gasteiger partial charge on any atom is 0.163 e. The molecule has 3 rings (SSSR count). The van der Waals surface area contributed by atoms with E-state index in [2.05, 4.69) is 0 Å². The predicted octanol–water partition coefficient (Wildman–Crippen LogP) is 2.15. The van der Waals surface area contributed by atoms with Gasteiger partial charge in [-0.2, -0.15) is 0 Å². The van der Waals surface area contributed by atoms with Crippen molar-refractivity contribution in [3.63, 3.8) is 0 Å². The largest absolute Gasteiger partial charge is 0.486 e. The van der Waals surface area contributed by atoms with Crippen LogP contribution in [-0.4, -0.2) is 17.8 Å². The summed E-state index contributed by atoms with van der Waals surface area (Å²) < 4.78 is 16.2. The SMILES string of the molecule is OC(c1ccoc1)C1COc2ccccc2O1. The molecule has 0 amide bonds. The van der Waals surface area contributed by atoms with Crippen molar-refractivity contribution in [2.24, 2.45) is 0 Å². The van der Waals surface area contributed by atoms with Crippen molar-refractivity contribution in [2.45, 2.75) is 12.2 Å². The maximum atomic E-state index is 10.1. The molecule has 1 aliphatic rings. The number of furan rings is 1. The Morgan fingerprint density at radius 1 is 1.18 bits per heavy atom. The molecule has 4 heteroatoms. The van der Waals surface area contributed by atoms with Crippen molar-refractivity contribution in [3.8, 4) is 11.5 Å². The minimum absolute atomic E-state index is 0.323. The van der Waals surface area contributed by atoms with Crippen molar-refractivity contribution in [3.05, 3.63) is 48.4 Å². The molecule has 0 fully saturated rings. The Morgan fingerprint density at radius 3 is 2.76 bits per heavy atom. The number of hydrogen-bond acceptors (Lipinski definition) is 4. The molecule has 0 radical (unpaired) electrons. The number of ether oxygens (including phenoxy) is 2. The summed E-state index contributed by atoms with van der Waals surface area (Å²) in [6, 6.07) is 9.14. The summed E-state index contributed by atoms with van der Waals surface area (Å²) in [7, 11) is 0. The summed E-state index contributed by atoms with van der Waals surface area (Å²) in [5.74, 6) is 1.37. The highest BCUT2D eigenvalue weighted by Crippen LogP contribution is 2.34. The summed E-state index contributed by atoms with van der Waals surface area (Å²) >= 11 is 0. The molecule has 0 aliphatic carbocycles. The topological polar surface area (TPSA) is 51.8 Å². The minimum atomic E-state index is -0.748. The number of para-hydroxylation sites is 2. The van der Waals surface area contributed by atoms with Crippen LogP contribution in [0.2, 0.25) is 0 Å². The molecule has 2 heterocycles. The van der Waals surface area contributed by atoms with Crippen LogP contribution in [0.15, 0.2) is 47.3 Å². The molecule has 2 aromatic rings. The number of aliphatic hydroxyl groups is 1. The van der Waals surface area contributed by atoms with Gasteiger partial charge in [0.25, 0.3) is 0 Å². The molecule has 1 aromatic heterocycles. The van der Waals surface area contributed by atoms with E-state index in [4.69, 9.17) is 13.9 Å². The van der Waals surface area contributed by atoms with Gasteiger partial charge in [0.15, 0.2) is 17.6 Å². The molecule has 0 saturated heterocycles. The van der Waals surface area contributed by atoms with Crippen LogP contribution in [0.5, 0.6) is 11.5 Å². The standard InChI is InChI=1S/C13H12O4/c14-13(9-5-6-15-7-9)12-8-16-10-3-1-2-4-11(10)17-12/h1-7,12-14H,8H2. The molecule has 4 nitrogen and oxygen atoms in total. The van der Waals surface area contributed by atoms with Gasteiger partial charge in [0.05, 0.1) is 12.5 Å². The van der Waals surface area contributed by atoms with E-state index in [1.165, 1.54) is 12.5 Å². The van der Waals surface area contributed by atoms with Gasteiger partial charge in [-0.05, 0) is 18.2 Å². The Morgan fingerprint density at radius 2 is 2.00 bits per heavy atom. The number of fused-ring (bicyclic) bond motifs is 1. The lowest BCUT2D eigenvalue weighted by molar-refractivity contribution is -0.0115. The van der Waals surface area contributed by atoms with Gasteiger partial charge in [0, 0.05) is 5.56 Å². The number of hydrogen-bond donors (Lipinski definition) is 1. The van der Waals surface area contributed by atoms with Crippen LogP contribution >= 0.6 is 0 Å². The number of rotatable bonds is 2. The van der Waals surface area contributed by atoms with Crippen LogP contribution < -0.4 is 9.47 Å². The van der Waals surface area contributed by atoms with Gasteiger partial charge in [0.1, 0.15) is 12.7 Å². The molecule has 0 saturated carbocycles. The van der Waals surface area contributed by atoms with E-state index in [1.807, 2.05) is 24.3 Å². The van der Waals surface area contributed by atoms with Crippen LogP contribution in [0, 0.1) is 0 Å². The zero-order chi connectivity index (χ0) is 11.7. The first-order valence-corrected chi connectivity index (χ1v) is 5.43. The smallest absolute Gasteiger partial charge is 0.163 e. The Labute approximate surface area is 98.4 Å². The highest BCUT2D eigenvalue weighted by molar-refractivity contribution is 5.41. The van der Waals surface area contributed by atoms with Gasteiger partial charge in [0.2, 0.25) is 0 Å². The number of benzene rings is 1. The Balaban J connectivity index is 1.80. The van der Waals surface area contributed by atoms with Gasteiger partial charge < -0.3 is 19.0 Å². The normalized spacial score (nSPS) is 19.9. The molecule has 2 unspecified atom stereocenters. The lowest BCUT2D eigenvalue weighted by atomic mass is 10.1. The maximum absolute atomic E-state index is 10.1. The first-order valence-electron chi connectivity index (χ1n) is 5.43. The van der Waals surface area contributed by atoms with E-state index in [0.29, 0.717) is 23.7 Å². The summed E-state index contributed by atoms with van der Waals surface area (Å²) in [4.78, 5) is 0. The fraction of sp³-hybridized carbons (Fsp3) is 0.231. The zero-order valence-electron chi connectivity index (χ0n) is 9.08. The van der Waals surface area contributed by atoms with Crippen molar-refractivity contribution >= 4 is 0 Å². The van der Waals surface area contributed by atoms with Crippen LogP contribution in [0.1, 0.15) is 11.7 Å². The molecule has 0 spiro atoms. The van der Waals surface area contributed by atoms with E-state index in [-0.39, 0.29) is 0 Å². The Hall–Kier alpha value is -1.94. The van der Waals surface area contributed by atoms with Crippen LogP contribution in [0.3, 0.4) is 0 Å². The molecule has 0 bridgehead atoms. The van der Waals surface area contributed by atoms with Crippen molar-refractivity contribution < 1.29 is 19.0 Å². The summed E-state index contributed by atoms with van der Waals surface area (Å²) in [6.45, 7) is 0.323. The molecule has 88 valence electrons. The summed E-state index contributed by atoms with van der Waals surface area (Å²) in [5.41, 5.74) is 0.693. The van der Waals surface area contributed by atoms with E-state index in [1.54, 1.807) is 6.07 Å². The molecular formula is C13H12O4. The van der Waals surface area contributed by atoms with Gasteiger partial charge in [-0.1, -0.05) is 12.1 Å². The fourth-order valence-corrected chi connectivity index (χ4v) is 1.85. The van der Waals surface area contributed by atoms with Crippen LogP contribution in [0.25, 0.3) is 0 Å². The van der Waals surface area contributed by atoms with E-state index in [9.17, 15) is 5.11 Å². The summed E-state index contributed by atoms with van der Waals surface area (Å²) in [5, 5.41) is 10.1. The van der Waals surface area contributed by atoms with Gasteiger partial charge in [-0.3, -0.25) is 0 Å². The monoisotopic (exact) mass is 232 g/mol. The lowest BCUT2D eigenvalue weighted by Crippen LogP contribution is -2.34. The molecular weight excluding hydrogens is 220 g/mol. The summed E-state index contributed by atoms with van der Waals surface area (Å²) in [6.07, 6.45) is 1.87. The molecule has 2 atom stereocenters. The first-order chi connectivity index (χ1) is 8.34. The van der Waals surface area contributed by atoms with Crippen molar-refractivity contribution in [1.29, 1.82) is 0 Å². The fourth-order valence-electron chi connectivity index (χ4n) is 1.85. The van der Waals surface area contributed by atoms with E-state index < -0.39 is 12.2 Å². The highest BCUT2D eigenvalue weighted by atomic mass is 16.6. The third kappa shape index (κ3) is 1.87. The number of aliphatic hydroxyl groups excluding tert-OH is 1. The molecule has 17 heavy (non-hydrogen) atoms. The lowest BCUT2D eigenvalue weighted by Gasteiger charge is -2.29. The third-order valence-electron chi connectivity index (χ3n) is 2.77. The van der Waals surface area contributed by atoms with Crippen molar-refractivity contribution in [1.82, 2.24) is 0 Å². The molecule has 1 aromatic carbocycles. The minimum Gasteiger partial charge on any atom is -0.486 e. The third-order valence-corrected chi connectivity index (χ3v) is 2.77. The van der Waals surface area contributed by atoms with Crippen LogP contribution in [0.4, 0.5) is 0 Å². The highest BCUT2D eigenvalue weighted by Gasteiger charge is 2.29. The van der Waals surface area contributed by atoms with E-state index >= 15 is 0 Å². The second kappa shape index (κ2) is 4.14. The van der Waals surface area contributed by atoms with Crippen molar-refractivity contribution in [2.75, 3.05) is 6.61 Å². The van der Waals surface area contributed by atoms with Crippen LogP contribution in [-0.2, 0) is 0 Å². The van der Waals surface area contributed by atoms with Gasteiger partial charge in [-0.15, -0.1) is 0 Å². The predicted molar refractivity (Wildman–Crippen MR) is 60.0 cm³/mol. The Bertz CT molecular complexity index is 492. The second-order valence-electron chi connectivity index (χ2n) is 3.92. The molecule has 1 N–H and O–H groups in total. The van der Waals surface area contributed by atoms with Gasteiger partial charge in [-0.25, -0.2) is 0 Å². The Kier molecular flexibility index (Phi) is 2.49. The quantitative estimate of drug-likeness (QED) is 0.862.